The van der Waals surface area contributed by atoms with Crippen molar-refractivity contribution in [3.05, 3.63) is 0 Å². The van der Waals surface area contributed by atoms with Crippen molar-refractivity contribution in [1.82, 2.24) is 10.6 Å². The van der Waals surface area contributed by atoms with E-state index in [1.54, 1.807) is 0 Å². The molecule has 1 amide bonds. The minimum Gasteiger partial charge on any atom is -0.353 e. The third-order valence-corrected chi connectivity index (χ3v) is 5.31. The molecular formula is C17H32N2O. The molecule has 2 fully saturated rings. The zero-order valence-corrected chi connectivity index (χ0v) is 13.5. The van der Waals surface area contributed by atoms with Crippen LogP contribution in [0.15, 0.2) is 0 Å². The standard InChI is InChI=1S/C17H32N2O/c1-12(2)15-6-4-13(3)10-16(15)19-17(20)7-5-14-8-9-18-11-14/h12-16,18H,4-11H2,1-3H3,(H,19,20). The molecule has 1 saturated carbocycles. The van der Waals surface area contributed by atoms with Crippen LogP contribution < -0.4 is 10.6 Å². The van der Waals surface area contributed by atoms with Crippen molar-refractivity contribution < 1.29 is 4.79 Å². The molecule has 4 unspecified atom stereocenters. The first-order chi connectivity index (χ1) is 9.56. The van der Waals surface area contributed by atoms with Gasteiger partial charge in [0.2, 0.25) is 5.91 Å². The van der Waals surface area contributed by atoms with E-state index in [1.165, 1.54) is 25.7 Å². The van der Waals surface area contributed by atoms with Crippen molar-refractivity contribution in [2.75, 3.05) is 13.1 Å². The van der Waals surface area contributed by atoms with Gasteiger partial charge in [-0.05, 0) is 62.4 Å². The number of carbonyl (C=O) groups excluding carboxylic acids is 1. The molecule has 2 rings (SSSR count). The third-order valence-electron chi connectivity index (χ3n) is 5.31. The average molecular weight is 280 g/mol. The van der Waals surface area contributed by atoms with Gasteiger partial charge in [0.25, 0.3) is 0 Å². The molecule has 3 nitrogen and oxygen atoms in total. The molecule has 1 aliphatic heterocycles. The van der Waals surface area contributed by atoms with Gasteiger partial charge in [-0.1, -0.05) is 27.2 Å². The molecule has 1 saturated heterocycles. The van der Waals surface area contributed by atoms with Gasteiger partial charge in [0.05, 0.1) is 0 Å². The Morgan fingerprint density at radius 3 is 2.75 bits per heavy atom. The van der Waals surface area contributed by atoms with Crippen LogP contribution in [0.2, 0.25) is 0 Å². The first kappa shape index (κ1) is 15.8. The van der Waals surface area contributed by atoms with E-state index in [2.05, 4.69) is 31.4 Å². The monoisotopic (exact) mass is 280 g/mol. The second-order valence-electron chi connectivity index (χ2n) is 7.40. The van der Waals surface area contributed by atoms with E-state index < -0.39 is 0 Å². The molecule has 2 N–H and O–H groups in total. The molecule has 0 aromatic rings. The summed E-state index contributed by atoms with van der Waals surface area (Å²) in [4.78, 5) is 12.2. The summed E-state index contributed by atoms with van der Waals surface area (Å²) < 4.78 is 0. The Bertz CT molecular complexity index is 310. The van der Waals surface area contributed by atoms with E-state index in [1.807, 2.05) is 0 Å². The molecule has 1 aliphatic carbocycles. The maximum atomic E-state index is 12.2. The smallest absolute Gasteiger partial charge is 0.220 e. The molecule has 3 heteroatoms. The molecule has 0 bridgehead atoms. The summed E-state index contributed by atoms with van der Waals surface area (Å²) >= 11 is 0. The van der Waals surface area contributed by atoms with Crippen molar-refractivity contribution in [2.24, 2.45) is 23.7 Å². The molecule has 0 radical (unpaired) electrons. The number of hydrogen-bond donors (Lipinski definition) is 2. The van der Waals surface area contributed by atoms with Crippen molar-refractivity contribution in [2.45, 2.75) is 65.3 Å². The van der Waals surface area contributed by atoms with E-state index in [9.17, 15) is 4.79 Å². The Kier molecular flexibility index (Phi) is 5.88. The molecule has 4 atom stereocenters. The summed E-state index contributed by atoms with van der Waals surface area (Å²) in [6.07, 6.45) is 6.76. The first-order valence-electron chi connectivity index (χ1n) is 8.56. The summed E-state index contributed by atoms with van der Waals surface area (Å²) in [6.45, 7) is 9.14. The summed E-state index contributed by atoms with van der Waals surface area (Å²) in [5, 5.41) is 6.72. The fourth-order valence-corrected chi connectivity index (χ4v) is 3.94. The van der Waals surface area contributed by atoms with Crippen LogP contribution in [-0.4, -0.2) is 25.0 Å². The molecule has 0 aromatic carbocycles. The summed E-state index contributed by atoms with van der Waals surface area (Å²) in [5.41, 5.74) is 0. The Labute approximate surface area is 124 Å². The Morgan fingerprint density at radius 1 is 1.30 bits per heavy atom. The average Bonchev–Trinajstić information content (AvgIpc) is 2.89. The van der Waals surface area contributed by atoms with Crippen molar-refractivity contribution >= 4 is 5.91 Å². The van der Waals surface area contributed by atoms with Crippen molar-refractivity contribution in [1.29, 1.82) is 0 Å². The van der Waals surface area contributed by atoms with Gasteiger partial charge >= 0.3 is 0 Å². The lowest BCUT2D eigenvalue weighted by atomic mass is 9.74. The van der Waals surface area contributed by atoms with Gasteiger partial charge in [0, 0.05) is 12.5 Å². The van der Waals surface area contributed by atoms with E-state index in [4.69, 9.17) is 0 Å². The van der Waals surface area contributed by atoms with Gasteiger partial charge in [-0.25, -0.2) is 0 Å². The third kappa shape index (κ3) is 4.47. The molecule has 116 valence electrons. The van der Waals surface area contributed by atoms with E-state index >= 15 is 0 Å². The van der Waals surface area contributed by atoms with Gasteiger partial charge in [-0.2, -0.15) is 0 Å². The van der Waals surface area contributed by atoms with E-state index in [0.717, 1.165) is 25.4 Å². The van der Waals surface area contributed by atoms with Gasteiger partial charge in [0.1, 0.15) is 0 Å². The highest BCUT2D eigenvalue weighted by atomic mass is 16.1. The fourth-order valence-electron chi connectivity index (χ4n) is 3.94. The quantitative estimate of drug-likeness (QED) is 0.813. The fraction of sp³-hybridized carbons (Fsp3) is 0.941. The first-order valence-corrected chi connectivity index (χ1v) is 8.56. The number of hydrogen-bond acceptors (Lipinski definition) is 2. The topological polar surface area (TPSA) is 41.1 Å². The predicted octanol–water partition coefficient (Wildman–Crippen LogP) is 2.95. The number of amides is 1. The molecule has 1 heterocycles. The van der Waals surface area contributed by atoms with Crippen molar-refractivity contribution in [3.8, 4) is 0 Å². The highest BCUT2D eigenvalue weighted by Crippen LogP contribution is 2.33. The zero-order valence-electron chi connectivity index (χ0n) is 13.5. The second kappa shape index (κ2) is 7.44. The van der Waals surface area contributed by atoms with Crippen LogP contribution in [0, 0.1) is 23.7 Å². The maximum Gasteiger partial charge on any atom is 0.220 e. The van der Waals surface area contributed by atoms with Crippen LogP contribution in [0.1, 0.15) is 59.3 Å². The molecular weight excluding hydrogens is 248 g/mol. The van der Waals surface area contributed by atoms with Gasteiger partial charge < -0.3 is 10.6 Å². The van der Waals surface area contributed by atoms with Gasteiger partial charge in [-0.3, -0.25) is 4.79 Å². The molecule has 20 heavy (non-hydrogen) atoms. The number of nitrogens with one attached hydrogen (secondary N) is 2. The van der Waals surface area contributed by atoms with Crippen LogP contribution >= 0.6 is 0 Å². The van der Waals surface area contributed by atoms with Crippen LogP contribution in [0.25, 0.3) is 0 Å². The summed E-state index contributed by atoms with van der Waals surface area (Å²) in [6, 6.07) is 0.410. The number of rotatable bonds is 5. The van der Waals surface area contributed by atoms with Gasteiger partial charge in [0.15, 0.2) is 0 Å². The molecule has 0 spiro atoms. The highest BCUT2D eigenvalue weighted by Gasteiger charge is 2.31. The van der Waals surface area contributed by atoms with E-state index in [-0.39, 0.29) is 5.91 Å². The number of carbonyl (C=O) groups is 1. The zero-order chi connectivity index (χ0) is 14.5. The van der Waals surface area contributed by atoms with Crippen LogP contribution in [0.5, 0.6) is 0 Å². The summed E-state index contributed by atoms with van der Waals surface area (Å²) in [5.74, 6) is 3.10. The minimum absolute atomic E-state index is 0.279. The normalized spacial score (nSPS) is 34.4. The predicted molar refractivity (Wildman–Crippen MR) is 83.5 cm³/mol. The maximum absolute atomic E-state index is 12.2. The minimum atomic E-state index is 0.279. The lowest BCUT2D eigenvalue weighted by molar-refractivity contribution is -0.123. The second-order valence-corrected chi connectivity index (χ2v) is 7.40. The molecule has 2 aliphatic rings. The largest absolute Gasteiger partial charge is 0.353 e. The molecule has 0 aromatic heterocycles. The van der Waals surface area contributed by atoms with Gasteiger partial charge in [-0.15, -0.1) is 0 Å². The lowest BCUT2D eigenvalue weighted by Crippen LogP contribution is -2.45. The summed E-state index contributed by atoms with van der Waals surface area (Å²) in [7, 11) is 0. The Balaban J connectivity index is 1.77. The lowest BCUT2D eigenvalue weighted by Gasteiger charge is -2.37. The highest BCUT2D eigenvalue weighted by molar-refractivity contribution is 5.76. The van der Waals surface area contributed by atoms with Crippen LogP contribution in [0.4, 0.5) is 0 Å². The van der Waals surface area contributed by atoms with Crippen LogP contribution in [-0.2, 0) is 4.79 Å². The SMILES string of the molecule is CC1CCC(C(C)C)C(NC(=O)CCC2CCNC2)C1. The van der Waals surface area contributed by atoms with E-state index in [0.29, 0.717) is 30.2 Å². The Morgan fingerprint density at radius 2 is 2.10 bits per heavy atom. The van der Waals surface area contributed by atoms with Crippen molar-refractivity contribution in [3.63, 3.8) is 0 Å². The Hall–Kier alpha value is -0.570. The van der Waals surface area contributed by atoms with Crippen LogP contribution in [0.3, 0.4) is 0 Å².